The van der Waals surface area contributed by atoms with E-state index in [1.807, 2.05) is 12.1 Å². The number of rotatable bonds is 2. The third-order valence-electron chi connectivity index (χ3n) is 3.00. The normalized spacial score (nSPS) is 17.6. The van der Waals surface area contributed by atoms with Crippen LogP contribution >= 0.6 is 22.6 Å². The number of fused-ring (bicyclic) bond motifs is 1. The number of nitrogens with zero attached hydrogens (tertiary/aromatic N) is 3. The highest BCUT2D eigenvalue weighted by atomic mass is 127. The highest BCUT2D eigenvalue weighted by molar-refractivity contribution is 14.1. The molecule has 2 N–H and O–H groups in total. The van der Waals surface area contributed by atoms with Crippen LogP contribution in [0.25, 0.3) is 5.65 Å². The predicted molar refractivity (Wildman–Crippen MR) is 65.8 cm³/mol. The zero-order chi connectivity index (χ0) is 11.3. The number of hydrogen-bond acceptors (Lipinski definition) is 3. The van der Waals surface area contributed by atoms with Crippen molar-refractivity contribution in [2.75, 3.05) is 0 Å². The summed E-state index contributed by atoms with van der Waals surface area (Å²) in [7, 11) is 0. The van der Waals surface area contributed by atoms with Crippen LogP contribution in [-0.4, -0.2) is 20.5 Å². The molecule has 2 aromatic rings. The van der Waals surface area contributed by atoms with Crippen LogP contribution in [0.2, 0.25) is 0 Å². The molecule has 0 bridgehead atoms. The van der Waals surface area contributed by atoms with Crippen molar-refractivity contribution in [3.05, 3.63) is 27.7 Å². The second-order valence-corrected chi connectivity index (χ2v) is 5.14. The lowest BCUT2D eigenvalue weighted by Gasteiger charge is -2.04. The summed E-state index contributed by atoms with van der Waals surface area (Å²) in [5.74, 6) is -0.286. The SMILES string of the molecule is NC(=O)C1(c2cn3nc(I)ccc3n2)CC1. The molecule has 0 saturated heterocycles. The molecule has 0 radical (unpaired) electrons. The van der Waals surface area contributed by atoms with Gasteiger partial charge < -0.3 is 5.73 Å². The van der Waals surface area contributed by atoms with E-state index in [9.17, 15) is 4.79 Å². The van der Waals surface area contributed by atoms with Crippen molar-refractivity contribution < 1.29 is 4.79 Å². The quantitative estimate of drug-likeness (QED) is 0.831. The maximum atomic E-state index is 11.4. The van der Waals surface area contributed by atoms with Gasteiger partial charge in [0.25, 0.3) is 0 Å². The predicted octanol–water partition coefficient (Wildman–Crippen LogP) is 0.851. The standard InChI is InChI=1S/C10H9IN4O/c11-7-1-2-8-13-6(5-15(8)14-7)10(3-4-10)9(12)16/h1-2,5H,3-4H2,(H2,12,16). The van der Waals surface area contributed by atoms with Gasteiger partial charge in [0.05, 0.1) is 17.3 Å². The number of halogens is 1. The van der Waals surface area contributed by atoms with Gasteiger partial charge in [-0.3, -0.25) is 4.79 Å². The largest absolute Gasteiger partial charge is 0.369 e. The van der Waals surface area contributed by atoms with Gasteiger partial charge in [0, 0.05) is 0 Å². The number of aromatic nitrogens is 3. The van der Waals surface area contributed by atoms with Gasteiger partial charge in [-0.2, -0.15) is 5.10 Å². The average molecular weight is 328 g/mol. The van der Waals surface area contributed by atoms with E-state index >= 15 is 0 Å². The molecule has 0 aromatic carbocycles. The molecule has 1 amide bonds. The van der Waals surface area contributed by atoms with E-state index in [0.29, 0.717) is 0 Å². The van der Waals surface area contributed by atoms with Crippen molar-refractivity contribution in [1.82, 2.24) is 14.6 Å². The summed E-state index contributed by atoms with van der Waals surface area (Å²) in [4.78, 5) is 15.8. The molecule has 1 aliphatic rings. The lowest BCUT2D eigenvalue weighted by atomic mass is 10.0. The Hall–Kier alpha value is -1.18. The Labute approximate surface area is 105 Å². The Bertz CT molecular complexity index is 588. The van der Waals surface area contributed by atoms with Crippen LogP contribution in [0.4, 0.5) is 0 Å². The molecular weight excluding hydrogens is 319 g/mol. The molecule has 0 aliphatic heterocycles. The minimum absolute atomic E-state index is 0.286. The number of hydrogen-bond donors (Lipinski definition) is 1. The van der Waals surface area contributed by atoms with Crippen molar-refractivity contribution in [3.63, 3.8) is 0 Å². The van der Waals surface area contributed by atoms with E-state index in [0.717, 1.165) is 27.9 Å². The van der Waals surface area contributed by atoms with Crippen molar-refractivity contribution >= 4 is 34.1 Å². The van der Waals surface area contributed by atoms with Gasteiger partial charge in [0.15, 0.2) is 5.65 Å². The Morgan fingerprint density at radius 3 is 2.88 bits per heavy atom. The highest BCUT2D eigenvalue weighted by Crippen LogP contribution is 2.47. The van der Waals surface area contributed by atoms with Gasteiger partial charge >= 0.3 is 0 Å². The zero-order valence-corrected chi connectivity index (χ0v) is 10.5. The summed E-state index contributed by atoms with van der Waals surface area (Å²) < 4.78 is 2.58. The molecule has 0 atom stereocenters. The lowest BCUT2D eigenvalue weighted by molar-refractivity contribution is -0.120. The van der Waals surface area contributed by atoms with Crippen LogP contribution in [0.3, 0.4) is 0 Å². The van der Waals surface area contributed by atoms with Crippen LogP contribution in [0, 0.1) is 3.70 Å². The first-order valence-corrected chi connectivity index (χ1v) is 6.02. The first-order valence-electron chi connectivity index (χ1n) is 4.94. The van der Waals surface area contributed by atoms with E-state index < -0.39 is 5.41 Å². The van der Waals surface area contributed by atoms with Crippen molar-refractivity contribution in [3.8, 4) is 0 Å². The smallest absolute Gasteiger partial charge is 0.229 e. The summed E-state index contributed by atoms with van der Waals surface area (Å²) in [6, 6.07) is 3.77. The summed E-state index contributed by atoms with van der Waals surface area (Å²) in [5, 5.41) is 4.29. The Morgan fingerprint density at radius 1 is 1.50 bits per heavy atom. The fourth-order valence-electron chi connectivity index (χ4n) is 1.84. The summed E-state index contributed by atoms with van der Waals surface area (Å²) >= 11 is 2.14. The topological polar surface area (TPSA) is 73.3 Å². The van der Waals surface area contributed by atoms with Gasteiger partial charge in [-0.05, 0) is 47.6 Å². The summed E-state index contributed by atoms with van der Waals surface area (Å²) in [6.07, 6.45) is 3.39. The molecule has 3 rings (SSSR count). The third kappa shape index (κ3) is 1.32. The van der Waals surface area contributed by atoms with Gasteiger partial charge in [-0.25, -0.2) is 9.50 Å². The monoisotopic (exact) mass is 328 g/mol. The van der Waals surface area contributed by atoms with Gasteiger partial charge in [-0.1, -0.05) is 0 Å². The molecule has 0 spiro atoms. The highest BCUT2D eigenvalue weighted by Gasteiger charge is 2.52. The average Bonchev–Trinajstić information content (AvgIpc) is 2.94. The molecule has 1 saturated carbocycles. The Morgan fingerprint density at radius 2 is 2.25 bits per heavy atom. The summed E-state index contributed by atoms with van der Waals surface area (Å²) in [5.41, 5.74) is 6.38. The van der Waals surface area contributed by atoms with E-state index in [4.69, 9.17) is 5.73 Å². The number of amides is 1. The van der Waals surface area contributed by atoms with Crippen molar-refractivity contribution in [2.45, 2.75) is 18.3 Å². The minimum atomic E-state index is -0.529. The van der Waals surface area contributed by atoms with E-state index in [1.54, 1.807) is 10.7 Å². The van der Waals surface area contributed by atoms with Crippen LogP contribution in [0.15, 0.2) is 18.3 Å². The Balaban J connectivity index is 2.16. The molecule has 6 heteroatoms. The molecule has 5 nitrogen and oxygen atoms in total. The molecule has 1 fully saturated rings. The van der Waals surface area contributed by atoms with E-state index in [1.165, 1.54) is 0 Å². The van der Waals surface area contributed by atoms with Gasteiger partial charge in [0.1, 0.15) is 3.70 Å². The van der Waals surface area contributed by atoms with Crippen LogP contribution in [0.1, 0.15) is 18.5 Å². The lowest BCUT2D eigenvalue weighted by Crippen LogP contribution is -2.28. The van der Waals surface area contributed by atoms with Gasteiger partial charge in [0.2, 0.25) is 5.91 Å². The number of carbonyl (C=O) groups excluding carboxylic acids is 1. The van der Waals surface area contributed by atoms with E-state index in [2.05, 4.69) is 32.7 Å². The molecule has 2 aromatic heterocycles. The fourth-order valence-corrected chi connectivity index (χ4v) is 2.26. The number of imidazole rings is 1. The molecule has 82 valence electrons. The van der Waals surface area contributed by atoms with Crippen LogP contribution in [0.5, 0.6) is 0 Å². The van der Waals surface area contributed by atoms with Crippen LogP contribution in [-0.2, 0) is 10.2 Å². The minimum Gasteiger partial charge on any atom is -0.369 e. The fraction of sp³-hybridized carbons (Fsp3) is 0.300. The van der Waals surface area contributed by atoms with Crippen molar-refractivity contribution in [2.24, 2.45) is 5.73 Å². The number of nitrogens with two attached hydrogens (primary N) is 1. The van der Waals surface area contributed by atoms with Crippen LogP contribution < -0.4 is 5.73 Å². The molecule has 0 unspecified atom stereocenters. The third-order valence-corrected chi connectivity index (χ3v) is 3.57. The Kier molecular flexibility index (Phi) is 1.97. The summed E-state index contributed by atoms with van der Waals surface area (Å²) in [6.45, 7) is 0. The second-order valence-electron chi connectivity index (χ2n) is 4.03. The maximum absolute atomic E-state index is 11.4. The molecule has 16 heavy (non-hydrogen) atoms. The molecular formula is C10H9IN4O. The van der Waals surface area contributed by atoms with E-state index in [-0.39, 0.29) is 5.91 Å². The van der Waals surface area contributed by atoms with Crippen molar-refractivity contribution in [1.29, 1.82) is 0 Å². The number of primary amides is 1. The maximum Gasteiger partial charge on any atom is 0.229 e. The first-order chi connectivity index (χ1) is 7.62. The molecule has 2 heterocycles. The second kappa shape index (κ2) is 3.16. The number of carbonyl (C=O) groups is 1. The zero-order valence-electron chi connectivity index (χ0n) is 8.35. The molecule has 1 aliphatic carbocycles. The first kappa shape index (κ1) is 10.0. The van der Waals surface area contributed by atoms with Gasteiger partial charge in [-0.15, -0.1) is 0 Å².